The van der Waals surface area contributed by atoms with Crippen molar-refractivity contribution in [3.8, 4) is 44.5 Å². The number of para-hydroxylation sites is 1. The van der Waals surface area contributed by atoms with Crippen molar-refractivity contribution in [1.82, 2.24) is 0 Å². The second kappa shape index (κ2) is 14.1. The number of benzene rings is 10. The minimum atomic E-state index is 0.892. The summed E-state index contributed by atoms with van der Waals surface area (Å²) in [5.41, 5.74) is 14.4. The van der Waals surface area contributed by atoms with Crippen LogP contribution >= 0.6 is 0 Å². The average molecular weight is 740 g/mol. The Balaban J connectivity index is 0.992. The standard InChI is InChI=1S/C56H37NO/c1-3-13-38(14-4-1)42-18-11-19-47(35-42)57(46-32-27-41(28-33-46)53-37-44-17-7-8-20-48(44)50-21-9-10-22-51(50)53)45-30-25-39(26-31-45)43-29-34-55-54(36-43)52-24-12-23-49(56(52)58-55)40-15-5-2-6-16-40/h1-37H. The Morgan fingerprint density at radius 2 is 0.810 bits per heavy atom. The fraction of sp³-hybridized carbons (Fsp3) is 0. The molecule has 0 aliphatic carbocycles. The second-order valence-electron chi connectivity index (χ2n) is 14.9. The molecule has 1 heterocycles. The fourth-order valence-corrected chi connectivity index (χ4v) is 8.61. The van der Waals surface area contributed by atoms with Gasteiger partial charge in [-0.25, -0.2) is 0 Å². The highest BCUT2D eigenvalue weighted by Gasteiger charge is 2.17. The Kier molecular flexibility index (Phi) is 8.19. The maximum absolute atomic E-state index is 6.49. The first kappa shape index (κ1) is 33.6. The van der Waals surface area contributed by atoms with E-state index in [0.717, 1.165) is 61.3 Å². The highest BCUT2D eigenvalue weighted by Crippen LogP contribution is 2.42. The van der Waals surface area contributed by atoms with E-state index in [2.05, 4.69) is 223 Å². The van der Waals surface area contributed by atoms with Crippen LogP contribution in [0.4, 0.5) is 17.1 Å². The van der Waals surface area contributed by atoms with Gasteiger partial charge < -0.3 is 9.32 Å². The van der Waals surface area contributed by atoms with Crippen molar-refractivity contribution >= 4 is 60.5 Å². The van der Waals surface area contributed by atoms with Gasteiger partial charge in [-0.15, -0.1) is 0 Å². The fourth-order valence-electron chi connectivity index (χ4n) is 8.61. The SMILES string of the molecule is c1ccc(-c2cccc(N(c3ccc(-c4ccc5oc6c(-c7ccccc7)cccc6c5c4)cc3)c3ccc(-c4cc5ccccc5c5ccccc45)cc3)c2)cc1. The smallest absolute Gasteiger partial charge is 0.143 e. The van der Waals surface area contributed by atoms with Gasteiger partial charge >= 0.3 is 0 Å². The number of furan rings is 1. The lowest BCUT2D eigenvalue weighted by atomic mass is 9.93. The molecule has 0 radical (unpaired) electrons. The second-order valence-corrected chi connectivity index (χ2v) is 14.9. The normalized spacial score (nSPS) is 11.4. The largest absolute Gasteiger partial charge is 0.455 e. The summed E-state index contributed by atoms with van der Waals surface area (Å²) in [7, 11) is 0. The van der Waals surface area contributed by atoms with Crippen LogP contribution in [-0.2, 0) is 0 Å². The first-order valence-electron chi connectivity index (χ1n) is 19.8. The van der Waals surface area contributed by atoms with Crippen LogP contribution in [-0.4, -0.2) is 0 Å². The average Bonchev–Trinajstić information content (AvgIpc) is 3.68. The predicted octanol–water partition coefficient (Wildman–Crippen LogP) is 16.0. The van der Waals surface area contributed by atoms with E-state index in [1.54, 1.807) is 0 Å². The van der Waals surface area contributed by atoms with Gasteiger partial charge in [0.1, 0.15) is 11.2 Å². The highest BCUT2D eigenvalue weighted by atomic mass is 16.3. The lowest BCUT2D eigenvalue weighted by Gasteiger charge is -2.26. The molecule has 0 N–H and O–H groups in total. The Hall–Kier alpha value is -7.68. The molecule has 0 saturated heterocycles. The number of fused-ring (bicyclic) bond motifs is 6. The topological polar surface area (TPSA) is 16.4 Å². The van der Waals surface area contributed by atoms with Gasteiger partial charge in [0.15, 0.2) is 0 Å². The molecule has 0 atom stereocenters. The Bertz CT molecular complexity index is 3250. The number of rotatable bonds is 7. The summed E-state index contributed by atoms with van der Waals surface area (Å²) < 4.78 is 6.49. The highest BCUT2D eigenvalue weighted by molar-refractivity contribution is 6.14. The molecule has 0 bridgehead atoms. The Labute approximate surface area is 337 Å². The van der Waals surface area contributed by atoms with Crippen molar-refractivity contribution in [1.29, 1.82) is 0 Å². The van der Waals surface area contributed by atoms with Gasteiger partial charge in [0, 0.05) is 33.4 Å². The quantitative estimate of drug-likeness (QED) is 0.151. The van der Waals surface area contributed by atoms with Crippen LogP contribution in [0.15, 0.2) is 229 Å². The van der Waals surface area contributed by atoms with E-state index in [0.29, 0.717) is 0 Å². The number of hydrogen-bond acceptors (Lipinski definition) is 2. The Morgan fingerprint density at radius 1 is 0.276 bits per heavy atom. The van der Waals surface area contributed by atoms with Crippen LogP contribution < -0.4 is 4.90 Å². The molecule has 0 spiro atoms. The number of nitrogens with zero attached hydrogens (tertiary/aromatic N) is 1. The molecule has 0 fully saturated rings. The maximum atomic E-state index is 6.49. The molecule has 0 aliphatic rings. The summed E-state index contributed by atoms with van der Waals surface area (Å²) in [5, 5.41) is 7.30. The summed E-state index contributed by atoms with van der Waals surface area (Å²) in [4.78, 5) is 2.36. The van der Waals surface area contributed by atoms with Gasteiger partial charge in [-0.2, -0.15) is 0 Å². The van der Waals surface area contributed by atoms with Crippen molar-refractivity contribution in [2.24, 2.45) is 0 Å². The Morgan fingerprint density at radius 3 is 1.57 bits per heavy atom. The lowest BCUT2D eigenvalue weighted by molar-refractivity contribution is 0.670. The zero-order chi connectivity index (χ0) is 38.4. The summed E-state index contributed by atoms with van der Waals surface area (Å²) in [6, 6.07) is 80.6. The first-order valence-corrected chi connectivity index (χ1v) is 19.8. The third kappa shape index (κ3) is 5.91. The predicted molar refractivity (Wildman–Crippen MR) is 245 cm³/mol. The molecule has 2 heteroatoms. The molecule has 1 aromatic heterocycles. The van der Waals surface area contributed by atoms with Crippen molar-refractivity contribution in [2.75, 3.05) is 4.90 Å². The van der Waals surface area contributed by atoms with E-state index in [-0.39, 0.29) is 0 Å². The summed E-state index contributed by atoms with van der Waals surface area (Å²) in [5.74, 6) is 0. The third-order valence-electron chi connectivity index (χ3n) is 11.5. The molecule has 0 unspecified atom stereocenters. The van der Waals surface area contributed by atoms with Crippen LogP contribution in [0.1, 0.15) is 0 Å². The summed E-state index contributed by atoms with van der Waals surface area (Å²) >= 11 is 0. The molecular weight excluding hydrogens is 703 g/mol. The molecule has 0 aliphatic heterocycles. The number of hydrogen-bond donors (Lipinski definition) is 0. The molecule has 10 aromatic carbocycles. The molecule has 272 valence electrons. The molecule has 11 rings (SSSR count). The summed E-state index contributed by atoms with van der Waals surface area (Å²) in [6.07, 6.45) is 0. The lowest BCUT2D eigenvalue weighted by Crippen LogP contribution is -2.10. The van der Waals surface area contributed by atoms with Gasteiger partial charge in [-0.1, -0.05) is 170 Å². The van der Waals surface area contributed by atoms with E-state index in [4.69, 9.17) is 4.42 Å². The van der Waals surface area contributed by atoms with Crippen molar-refractivity contribution in [2.45, 2.75) is 0 Å². The van der Waals surface area contributed by atoms with Gasteiger partial charge in [-0.05, 0) is 115 Å². The minimum absolute atomic E-state index is 0.892. The van der Waals surface area contributed by atoms with E-state index in [9.17, 15) is 0 Å². The molecule has 0 saturated carbocycles. The summed E-state index contributed by atoms with van der Waals surface area (Å²) in [6.45, 7) is 0. The third-order valence-corrected chi connectivity index (χ3v) is 11.5. The number of anilines is 3. The zero-order valence-electron chi connectivity index (χ0n) is 31.7. The van der Waals surface area contributed by atoms with Crippen LogP contribution in [0, 0.1) is 0 Å². The molecular formula is C56H37NO. The van der Waals surface area contributed by atoms with Gasteiger partial charge in [0.05, 0.1) is 0 Å². The van der Waals surface area contributed by atoms with Gasteiger partial charge in [-0.3, -0.25) is 0 Å². The van der Waals surface area contributed by atoms with E-state index >= 15 is 0 Å². The molecule has 0 amide bonds. The molecule has 58 heavy (non-hydrogen) atoms. The van der Waals surface area contributed by atoms with Gasteiger partial charge in [0.2, 0.25) is 0 Å². The zero-order valence-corrected chi connectivity index (χ0v) is 31.7. The van der Waals surface area contributed by atoms with E-state index in [1.165, 1.54) is 43.8 Å². The van der Waals surface area contributed by atoms with Crippen LogP contribution in [0.5, 0.6) is 0 Å². The van der Waals surface area contributed by atoms with E-state index in [1.807, 2.05) is 6.07 Å². The van der Waals surface area contributed by atoms with Crippen molar-refractivity contribution < 1.29 is 4.42 Å². The van der Waals surface area contributed by atoms with E-state index < -0.39 is 0 Å². The molecule has 11 aromatic rings. The first-order chi connectivity index (χ1) is 28.7. The minimum Gasteiger partial charge on any atom is -0.455 e. The van der Waals surface area contributed by atoms with Crippen molar-refractivity contribution in [3.05, 3.63) is 224 Å². The van der Waals surface area contributed by atoms with Crippen LogP contribution in [0.2, 0.25) is 0 Å². The monoisotopic (exact) mass is 739 g/mol. The maximum Gasteiger partial charge on any atom is 0.143 e. The molecule has 2 nitrogen and oxygen atoms in total. The van der Waals surface area contributed by atoms with Crippen LogP contribution in [0.3, 0.4) is 0 Å². The van der Waals surface area contributed by atoms with Crippen molar-refractivity contribution in [3.63, 3.8) is 0 Å². The van der Waals surface area contributed by atoms with Gasteiger partial charge in [0.25, 0.3) is 0 Å². The van der Waals surface area contributed by atoms with Crippen LogP contribution in [0.25, 0.3) is 88.0 Å².